The van der Waals surface area contributed by atoms with Crippen LogP contribution in [0, 0.1) is 12.8 Å². The Bertz CT molecular complexity index is 737. The summed E-state index contributed by atoms with van der Waals surface area (Å²) in [5.74, 6) is -0.563. The van der Waals surface area contributed by atoms with Crippen molar-refractivity contribution in [2.45, 2.75) is 25.8 Å². The average molecular weight is 331 g/mol. The fourth-order valence-electron chi connectivity index (χ4n) is 3.15. The van der Waals surface area contributed by atoms with Gasteiger partial charge in [-0.25, -0.2) is 0 Å². The molecule has 1 aliphatic rings. The van der Waals surface area contributed by atoms with Crippen LogP contribution in [0.4, 0.5) is 0 Å². The quantitative estimate of drug-likeness (QED) is 0.866. The number of carbonyl (C=O) groups excluding carboxylic acids is 2. The molecule has 1 N–H and O–H groups in total. The van der Waals surface area contributed by atoms with Crippen molar-refractivity contribution in [2.24, 2.45) is 13.0 Å². The minimum atomic E-state index is -0.414. The standard InChI is InChI=1S/C16H21N5O3/c1-10-13(9-18-21(10)3)15-12(8-14(22)20(15)2)16(23)17-6-4-11-5-7-24-19-11/h5,7,9,12,15H,4,6,8H2,1-3H3,(H,17,23)/t12-,15-/m0/s1. The zero-order chi connectivity index (χ0) is 17.3. The Morgan fingerprint density at radius 3 is 2.88 bits per heavy atom. The normalized spacial score (nSPS) is 20.6. The Morgan fingerprint density at radius 1 is 1.46 bits per heavy atom. The van der Waals surface area contributed by atoms with Gasteiger partial charge in [-0.05, 0) is 6.92 Å². The van der Waals surface area contributed by atoms with E-state index in [1.54, 1.807) is 28.9 Å². The number of aromatic nitrogens is 3. The van der Waals surface area contributed by atoms with Gasteiger partial charge >= 0.3 is 0 Å². The van der Waals surface area contributed by atoms with Gasteiger partial charge in [0.25, 0.3) is 0 Å². The summed E-state index contributed by atoms with van der Waals surface area (Å²) < 4.78 is 6.52. The maximum atomic E-state index is 12.6. The lowest BCUT2D eigenvalue weighted by atomic mass is 9.93. The molecule has 0 aliphatic carbocycles. The lowest BCUT2D eigenvalue weighted by Gasteiger charge is -2.24. The third kappa shape index (κ3) is 2.91. The molecule has 128 valence electrons. The summed E-state index contributed by atoms with van der Waals surface area (Å²) in [6.07, 6.45) is 4.05. The van der Waals surface area contributed by atoms with E-state index in [0.717, 1.165) is 17.0 Å². The topological polar surface area (TPSA) is 93.3 Å². The molecule has 1 fully saturated rings. The number of nitrogens with zero attached hydrogens (tertiary/aromatic N) is 4. The monoisotopic (exact) mass is 331 g/mol. The van der Waals surface area contributed by atoms with Gasteiger partial charge in [0, 0.05) is 50.8 Å². The second-order valence-electron chi connectivity index (χ2n) is 6.10. The number of rotatable bonds is 5. The molecule has 2 aromatic rings. The highest BCUT2D eigenvalue weighted by atomic mass is 16.5. The number of carbonyl (C=O) groups is 2. The van der Waals surface area contributed by atoms with Crippen molar-refractivity contribution in [3.05, 3.63) is 35.5 Å². The molecule has 3 heterocycles. The van der Waals surface area contributed by atoms with Gasteiger partial charge in [0.05, 0.1) is 23.9 Å². The van der Waals surface area contributed by atoms with Gasteiger partial charge < -0.3 is 14.7 Å². The van der Waals surface area contributed by atoms with Crippen LogP contribution >= 0.6 is 0 Å². The predicted molar refractivity (Wildman–Crippen MR) is 84.8 cm³/mol. The maximum absolute atomic E-state index is 12.6. The fourth-order valence-corrected chi connectivity index (χ4v) is 3.15. The molecule has 24 heavy (non-hydrogen) atoms. The summed E-state index contributed by atoms with van der Waals surface area (Å²) >= 11 is 0. The Kier molecular flexibility index (Phi) is 4.37. The number of hydrogen-bond acceptors (Lipinski definition) is 5. The lowest BCUT2D eigenvalue weighted by molar-refractivity contribution is -0.128. The van der Waals surface area contributed by atoms with Crippen LogP contribution in [-0.2, 0) is 23.1 Å². The fraction of sp³-hybridized carbons (Fsp3) is 0.500. The van der Waals surface area contributed by atoms with Crippen molar-refractivity contribution in [2.75, 3.05) is 13.6 Å². The molecule has 8 nitrogen and oxygen atoms in total. The first-order valence-electron chi connectivity index (χ1n) is 7.90. The summed E-state index contributed by atoms with van der Waals surface area (Å²) in [5, 5.41) is 11.0. The van der Waals surface area contributed by atoms with Gasteiger partial charge in [0.15, 0.2) is 0 Å². The number of hydrogen-bond donors (Lipinski definition) is 1. The van der Waals surface area contributed by atoms with E-state index in [-0.39, 0.29) is 24.3 Å². The highest BCUT2D eigenvalue weighted by Gasteiger charge is 2.43. The first kappa shape index (κ1) is 16.2. The van der Waals surface area contributed by atoms with Crippen LogP contribution in [0.1, 0.15) is 29.4 Å². The van der Waals surface area contributed by atoms with E-state index in [1.165, 1.54) is 6.26 Å². The molecular weight excluding hydrogens is 310 g/mol. The minimum Gasteiger partial charge on any atom is -0.365 e. The summed E-state index contributed by atoms with van der Waals surface area (Å²) in [7, 11) is 3.59. The van der Waals surface area contributed by atoms with Crippen LogP contribution in [0.5, 0.6) is 0 Å². The summed E-state index contributed by atoms with van der Waals surface area (Å²) in [6, 6.07) is 1.49. The first-order chi connectivity index (χ1) is 11.5. The van der Waals surface area contributed by atoms with Crippen molar-refractivity contribution >= 4 is 11.8 Å². The van der Waals surface area contributed by atoms with E-state index in [2.05, 4.69) is 15.6 Å². The van der Waals surface area contributed by atoms with Crippen LogP contribution in [0.2, 0.25) is 0 Å². The van der Waals surface area contributed by atoms with E-state index in [9.17, 15) is 9.59 Å². The van der Waals surface area contributed by atoms with Gasteiger partial charge in [0.1, 0.15) is 6.26 Å². The second-order valence-corrected chi connectivity index (χ2v) is 6.10. The molecule has 2 amide bonds. The third-order valence-electron chi connectivity index (χ3n) is 4.69. The molecule has 0 spiro atoms. The Morgan fingerprint density at radius 2 is 2.25 bits per heavy atom. The van der Waals surface area contributed by atoms with Crippen LogP contribution < -0.4 is 5.32 Å². The molecule has 0 bridgehead atoms. The van der Waals surface area contributed by atoms with Crippen molar-refractivity contribution in [1.29, 1.82) is 0 Å². The Balaban J connectivity index is 1.71. The van der Waals surface area contributed by atoms with Gasteiger partial charge in [-0.15, -0.1) is 0 Å². The third-order valence-corrected chi connectivity index (χ3v) is 4.69. The second kappa shape index (κ2) is 6.46. The zero-order valence-electron chi connectivity index (χ0n) is 14.0. The summed E-state index contributed by atoms with van der Waals surface area (Å²) in [5.41, 5.74) is 2.67. The van der Waals surface area contributed by atoms with Gasteiger partial charge in [-0.1, -0.05) is 5.16 Å². The SMILES string of the molecule is Cc1c([C@@H]2[C@@H](C(=O)NCCc3ccon3)CC(=O)N2C)cnn1C. The lowest BCUT2D eigenvalue weighted by Crippen LogP contribution is -2.35. The zero-order valence-corrected chi connectivity index (χ0v) is 14.0. The van der Waals surface area contributed by atoms with Gasteiger partial charge in [-0.2, -0.15) is 5.10 Å². The minimum absolute atomic E-state index is 0.0279. The predicted octanol–water partition coefficient (Wildman–Crippen LogP) is 0.595. The molecular formula is C16H21N5O3. The van der Waals surface area contributed by atoms with Crippen molar-refractivity contribution in [3.63, 3.8) is 0 Å². The van der Waals surface area contributed by atoms with Gasteiger partial charge in [-0.3, -0.25) is 14.3 Å². The molecule has 1 saturated heterocycles. The number of aryl methyl sites for hydroxylation is 1. The van der Waals surface area contributed by atoms with Crippen molar-refractivity contribution < 1.29 is 14.1 Å². The first-order valence-corrected chi connectivity index (χ1v) is 7.90. The smallest absolute Gasteiger partial charge is 0.226 e. The molecule has 1 aliphatic heterocycles. The molecule has 2 atom stereocenters. The molecule has 0 aromatic carbocycles. The van der Waals surface area contributed by atoms with Gasteiger partial charge in [0.2, 0.25) is 11.8 Å². The van der Waals surface area contributed by atoms with Crippen LogP contribution in [0.15, 0.2) is 23.0 Å². The molecule has 0 radical (unpaired) electrons. The molecule has 3 rings (SSSR count). The highest BCUT2D eigenvalue weighted by molar-refractivity contribution is 5.90. The maximum Gasteiger partial charge on any atom is 0.226 e. The molecule has 2 aromatic heterocycles. The molecule has 0 unspecified atom stereocenters. The van der Waals surface area contributed by atoms with Crippen LogP contribution in [0.25, 0.3) is 0 Å². The molecule has 8 heteroatoms. The van der Waals surface area contributed by atoms with E-state index < -0.39 is 5.92 Å². The largest absolute Gasteiger partial charge is 0.365 e. The number of likely N-dealkylation sites (tertiary alicyclic amines) is 1. The van der Waals surface area contributed by atoms with Crippen molar-refractivity contribution in [3.8, 4) is 0 Å². The van der Waals surface area contributed by atoms with E-state index in [0.29, 0.717) is 13.0 Å². The average Bonchev–Trinajstić information content (AvgIpc) is 3.24. The Hall–Kier alpha value is -2.64. The van der Waals surface area contributed by atoms with E-state index >= 15 is 0 Å². The highest BCUT2D eigenvalue weighted by Crippen LogP contribution is 2.38. The van der Waals surface area contributed by atoms with Crippen LogP contribution in [-0.4, -0.2) is 45.2 Å². The number of amides is 2. The summed E-state index contributed by atoms with van der Waals surface area (Å²) in [6.45, 7) is 2.40. The summed E-state index contributed by atoms with van der Waals surface area (Å²) in [4.78, 5) is 26.4. The van der Waals surface area contributed by atoms with E-state index in [4.69, 9.17) is 4.52 Å². The molecule has 0 saturated carbocycles. The van der Waals surface area contributed by atoms with E-state index in [1.807, 2.05) is 14.0 Å². The Labute approximate surface area is 139 Å². The number of nitrogens with one attached hydrogen (secondary N) is 1. The van der Waals surface area contributed by atoms with Crippen LogP contribution in [0.3, 0.4) is 0 Å². The van der Waals surface area contributed by atoms with Crippen molar-refractivity contribution in [1.82, 2.24) is 25.2 Å².